The molecule has 0 unspecified atom stereocenters. The van der Waals surface area contributed by atoms with Crippen LogP contribution in [-0.2, 0) is 4.74 Å². The molecule has 0 bridgehead atoms. The van der Waals surface area contributed by atoms with Crippen LogP contribution >= 0.6 is 0 Å². The van der Waals surface area contributed by atoms with E-state index < -0.39 is 0 Å². The number of likely N-dealkylation sites (N-methyl/N-ethyl adjacent to an activating group) is 1. The van der Waals surface area contributed by atoms with Gasteiger partial charge in [-0.15, -0.1) is 0 Å². The van der Waals surface area contributed by atoms with Crippen molar-refractivity contribution < 1.29 is 9.94 Å². The van der Waals surface area contributed by atoms with Gasteiger partial charge in [-0.3, -0.25) is 0 Å². The number of oxime groups is 1. The third-order valence-electron chi connectivity index (χ3n) is 1.89. The summed E-state index contributed by atoms with van der Waals surface area (Å²) in [6, 6.07) is 9.32. The monoisotopic (exact) mass is 208 g/mol. The number of hydrogen-bond donors (Lipinski definition) is 1. The minimum atomic E-state index is 0.262. The first kappa shape index (κ1) is 11.5. The minimum Gasteiger partial charge on any atom is -0.474 e. The zero-order valence-corrected chi connectivity index (χ0v) is 9.05. The summed E-state index contributed by atoms with van der Waals surface area (Å²) in [6.07, 6.45) is 0. The first-order chi connectivity index (χ1) is 7.24. The van der Waals surface area contributed by atoms with Gasteiger partial charge in [-0.25, -0.2) is 0 Å². The van der Waals surface area contributed by atoms with Crippen LogP contribution in [0.5, 0.6) is 0 Å². The molecule has 0 aliphatic rings. The molecule has 0 saturated carbocycles. The normalized spacial score (nSPS) is 11.8. The highest BCUT2D eigenvalue weighted by molar-refractivity contribution is 5.93. The third kappa shape index (κ3) is 3.99. The molecule has 0 saturated heterocycles. The Morgan fingerprint density at radius 3 is 2.53 bits per heavy atom. The number of benzene rings is 1. The fourth-order valence-corrected chi connectivity index (χ4v) is 1.08. The molecule has 0 atom stereocenters. The van der Waals surface area contributed by atoms with E-state index in [-0.39, 0.29) is 5.90 Å². The molecule has 1 rings (SSSR count). The van der Waals surface area contributed by atoms with Gasteiger partial charge >= 0.3 is 0 Å². The van der Waals surface area contributed by atoms with Crippen molar-refractivity contribution in [2.24, 2.45) is 5.16 Å². The van der Waals surface area contributed by atoms with E-state index in [1.807, 2.05) is 49.3 Å². The van der Waals surface area contributed by atoms with E-state index in [2.05, 4.69) is 5.16 Å². The average molecular weight is 208 g/mol. The van der Waals surface area contributed by atoms with Gasteiger partial charge in [0.2, 0.25) is 0 Å². The van der Waals surface area contributed by atoms with Crippen molar-refractivity contribution in [3.63, 3.8) is 0 Å². The molecule has 4 heteroatoms. The maximum atomic E-state index is 8.79. The van der Waals surface area contributed by atoms with E-state index in [0.29, 0.717) is 6.61 Å². The summed E-state index contributed by atoms with van der Waals surface area (Å²) in [5, 5.41) is 11.9. The summed E-state index contributed by atoms with van der Waals surface area (Å²) in [7, 11) is 3.92. The van der Waals surface area contributed by atoms with E-state index in [4.69, 9.17) is 9.94 Å². The summed E-state index contributed by atoms with van der Waals surface area (Å²) in [6.45, 7) is 1.28. The molecule has 4 nitrogen and oxygen atoms in total. The summed E-state index contributed by atoms with van der Waals surface area (Å²) < 4.78 is 5.35. The Labute approximate surface area is 89.8 Å². The largest absolute Gasteiger partial charge is 0.474 e. The molecular weight excluding hydrogens is 192 g/mol. The number of nitrogens with zero attached hydrogens (tertiary/aromatic N) is 2. The third-order valence-corrected chi connectivity index (χ3v) is 1.89. The Morgan fingerprint density at radius 2 is 2.00 bits per heavy atom. The molecule has 1 aromatic carbocycles. The molecule has 0 heterocycles. The minimum absolute atomic E-state index is 0.262. The first-order valence-corrected chi connectivity index (χ1v) is 4.79. The van der Waals surface area contributed by atoms with Crippen LogP contribution in [0.4, 0.5) is 0 Å². The number of hydrogen-bond acceptors (Lipinski definition) is 4. The highest BCUT2D eigenvalue weighted by atomic mass is 16.5. The van der Waals surface area contributed by atoms with Crippen LogP contribution in [0.2, 0.25) is 0 Å². The first-order valence-electron chi connectivity index (χ1n) is 4.79. The van der Waals surface area contributed by atoms with Crippen LogP contribution < -0.4 is 0 Å². The van der Waals surface area contributed by atoms with Gasteiger partial charge in [-0.1, -0.05) is 18.2 Å². The summed E-state index contributed by atoms with van der Waals surface area (Å²) in [5.41, 5.74) is 0.777. The predicted octanol–water partition coefficient (Wildman–Crippen LogP) is 1.40. The molecule has 0 radical (unpaired) electrons. The van der Waals surface area contributed by atoms with Crippen molar-refractivity contribution >= 4 is 5.90 Å². The molecule has 0 spiro atoms. The van der Waals surface area contributed by atoms with Gasteiger partial charge in [0.05, 0.1) is 0 Å². The quantitative estimate of drug-likeness (QED) is 0.352. The fourth-order valence-electron chi connectivity index (χ4n) is 1.08. The summed E-state index contributed by atoms with van der Waals surface area (Å²) in [5.74, 6) is 0.262. The summed E-state index contributed by atoms with van der Waals surface area (Å²) in [4.78, 5) is 2.00. The van der Waals surface area contributed by atoms with Gasteiger partial charge in [-0.05, 0) is 31.4 Å². The second kappa shape index (κ2) is 6.03. The number of rotatable bonds is 4. The van der Waals surface area contributed by atoms with E-state index >= 15 is 0 Å². The van der Waals surface area contributed by atoms with Crippen molar-refractivity contribution in [3.05, 3.63) is 35.9 Å². The molecule has 0 amide bonds. The molecule has 1 N–H and O–H groups in total. The van der Waals surface area contributed by atoms with Crippen molar-refractivity contribution in [2.75, 3.05) is 27.2 Å². The Bertz CT molecular complexity index is 310. The lowest BCUT2D eigenvalue weighted by atomic mass is 10.2. The highest BCUT2D eigenvalue weighted by Gasteiger charge is 2.04. The molecular formula is C11H16N2O2. The average Bonchev–Trinajstić information content (AvgIpc) is 2.25. The SMILES string of the molecule is CN(C)CCO/C(=N\O)c1ccccc1. The zero-order valence-electron chi connectivity index (χ0n) is 9.05. The van der Waals surface area contributed by atoms with Crippen LogP contribution in [0.3, 0.4) is 0 Å². The second-order valence-electron chi connectivity index (χ2n) is 3.42. The molecule has 0 aromatic heterocycles. The lowest BCUT2D eigenvalue weighted by molar-refractivity contribution is 0.228. The lowest BCUT2D eigenvalue weighted by Gasteiger charge is -2.11. The zero-order chi connectivity index (χ0) is 11.1. The smallest absolute Gasteiger partial charge is 0.257 e. The van der Waals surface area contributed by atoms with Crippen molar-refractivity contribution in [3.8, 4) is 0 Å². The van der Waals surface area contributed by atoms with Gasteiger partial charge in [0.15, 0.2) is 0 Å². The number of ether oxygens (including phenoxy) is 1. The topological polar surface area (TPSA) is 45.1 Å². The van der Waals surface area contributed by atoms with Crippen LogP contribution in [-0.4, -0.2) is 43.3 Å². The molecule has 0 aliphatic carbocycles. The fraction of sp³-hybridized carbons (Fsp3) is 0.364. The maximum Gasteiger partial charge on any atom is 0.257 e. The Morgan fingerprint density at radius 1 is 1.33 bits per heavy atom. The van der Waals surface area contributed by atoms with E-state index in [1.165, 1.54) is 0 Å². The maximum absolute atomic E-state index is 8.79. The highest BCUT2D eigenvalue weighted by Crippen LogP contribution is 2.02. The molecule has 0 aliphatic heterocycles. The van der Waals surface area contributed by atoms with Crippen molar-refractivity contribution in [1.29, 1.82) is 0 Å². The van der Waals surface area contributed by atoms with Crippen LogP contribution in [0, 0.1) is 0 Å². The molecule has 15 heavy (non-hydrogen) atoms. The van der Waals surface area contributed by atoms with Gasteiger partial charge < -0.3 is 14.8 Å². The van der Waals surface area contributed by atoms with Crippen LogP contribution in [0.1, 0.15) is 5.56 Å². The Balaban J connectivity index is 2.51. The Hall–Kier alpha value is -1.55. The van der Waals surface area contributed by atoms with Crippen LogP contribution in [0.25, 0.3) is 0 Å². The van der Waals surface area contributed by atoms with E-state index in [9.17, 15) is 0 Å². The molecule has 0 fully saturated rings. The van der Waals surface area contributed by atoms with Crippen molar-refractivity contribution in [1.82, 2.24) is 4.90 Å². The Kier molecular flexibility index (Phi) is 4.63. The predicted molar refractivity (Wildman–Crippen MR) is 59.3 cm³/mol. The summed E-state index contributed by atoms with van der Waals surface area (Å²) >= 11 is 0. The second-order valence-corrected chi connectivity index (χ2v) is 3.42. The molecule has 1 aromatic rings. The van der Waals surface area contributed by atoms with E-state index in [1.54, 1.807) is 0 Å². The molecule has 82 valence electrons. The van der Waals surface area contributed by atoms with Crippen LogP contribution in [0.15, 0.2) is 35.5 Å². The van der Waals surface area contributed by atoms with Gasteiger partial charge in [0, 0.05) is 12.1 Å². The van der Waals surface area contributed by atoms with Crippen molar-refractivity contribution in [2.45, 2.75) is 0 Å². The van der Waals surface area contributed by atoms with Gasteiger partial charge in [-0.2, -0.15) is 0 Å². The van der Waals surface area contributed by atoms with E-state index in [0.717, 1.165) is 12.1 Å². The van der Waals surface area contributed by atoms with Gasteiger partial charge in [0.25, 0.3) is 5.90 Å². The van der Waals surface area contributed by atoms with Gasteiger partial charge in [0.1, 0.15) is 6.61 Å². The standard InChI is InChI=1S/C11H16N2O2/c1-13(2)8-9-15-11(12-14)10-6-4-3-5-7-10/h3-7,14H,8-9H2,1-2H3/b12-11-. The lowest BCUT2D eigenvalue weighted by Crippen LogP contribution is -2.20.